The summed E-state index contributed by atoms with van der Waals surface area (Å²) in [5.74, 6) is 1.65. The van der Waals surface area contributed by atoms with Gasteiger partial charge in [0, 0.05) is 12.8 Å². The predicted molar refractivity (Wildman–Crippen MR) is 89.7 cm³/mol. The lowest BCUT2D eigenvalue weighted by Crippen LogP contribution is -2.47. The number of hydrogen-bond donors (Lipinski definition) is 2. The number of carbonyl (C=O) groups is 1. The van der Waals surface area contributed by atoms with Crippen LogP contribution in [0.5, 0.6) is 5.75 Å². The summed E-state index contributed by atoms with van der Waals surface area (Å²) in [6.45, 7) is 2.97. The molecule has 2 N–H and O–H groups in total. The molecule has 2 fully saturated rings. The third kappa shape index (κ3) is 4.24. The van der Waals surface area contributed by atoms with Gasteiger partial charge in [-0.15, -0.1) is 0 Å². The summed E-state index contributed by atoms with van der Waals surface area (Å²) in [6.07, 6.45) is 4.17. The smallest absolute Gasteiger partial charge is 0.233 e. The second kappa shape index (κ2) is 7.32. The molecule has 23 heavy (non-hydrogen) atoms. The highest BCUT2D eigenvalue weighted by Crippen LogP contribution is 2.32. The lowest BCUT2D eigenvalue weighted by atomic mass is 9.78. The van der Waals surface area contributed by atoms with Gasteiger partial charge in [-0.25, -0.2) is 0 Å². The topological polar surface area (TPSA) is 59.6 Å². The highest BCUT2D eigenvalue weighted by molar-refractivity contribution is 5.95. The predicted octanol–water partition coefficient (Wildman–Crippen LogP) is 2.43. The number of ether oxygens (including phenoxy) is 2. The van der Waals surface area contributed by atoms with Gasteiger partial charge in [0.2, 0.25) is 5.91 Å². The molecule has 0 spiro atoms. The molecule has 1 saturated carbocycles. The van der Waals surface area contributed by atoms with E-state index in [9.17, 15) is 4.79 Å². The van der Waals surface area contributed by atoms with Crippen molar-refractivity contribution in [2.45, 2.75) is 25.7 Å². The molecule has 1 aromatic carbocycles. The van der Waals surface area contributed by atoms with Crippen molar-refractivity contribution in [3.05, 3.63) is 24.3 Å². The lowest BCUT2D eigenvalue weighted by molar-refractivity contribution is -0.130. The summed E-state index contributed by atoms with van der Waals surface area (Å²) in [5.41, 5.74) is 0.379. The van der Waals surface area contributed by atoms with Crippen molar-refractivity contribution in [3.63, 3.8) is 0 Å². The third-order valence-electron chi connectivity index (χ3n) is 4.76. The van der Waals surface area contributed by atoms with Crippen LogP contribution in [-0.2, 0) is 9.53 Å². The Morgan fingerprint density at radius 1 is 1.26 bits per heavy atom. The number of nitrogens with one attached hydrogen (secondary N) is 2. The monoisotopic (exact) mass is 318 g/mol. The van der Waals surface area contributed by atoms with Crippen LogP contribution in [0, 0.1) is 11.3 Å². The fourth-order valence-corrected chi connectivity index (χ4v) is 3.02. The van der Waals surface area contributed by atoms with Gasteiger partial charge in [0.05, 0.1) is 18.6 Å². The maximum atomic E-state index is 12.7. The Labute approximate surface area is 137 Å². The maximum absolute atomic E-state index is 12.7. The fourth-order valence-electron chi connectivity index (χ4n) is 3.02. The molecule has 2 aliphatic rings. The van der Waals surface area contributed by atoms with Crippen molar-refractivity contribution >= 4 is 11.6 Å². The zero-order valence-electron chi connectivity index (χ0n) is 13.8. The first-order valence-electron chi connectivity index (χ1n) is 8.46. The largest absolute Gasteiger partial charge is 0.493 e. The van der Waals surface area contributed by atoms with Crippen LogP contribution in [0.25, 0.3) is 0 Å². The Balaban J connectivity index is 1.58. The van der Waals surface area contributed by atoms with Gasteiger partial charge in [-0.1, -0.05) is 0 Å². The number of hydrogen-bond acceptors (Lipinski definition) is 4. The van der Waals surface area contributed by atoms with Crippen LogP contribution < -0.4 is 15.4 Å². The molecule has 1 aromatic rings. The quantitative estimate of drug-likeness (QED) is 0.811. The number of amides is 1. The normalized spacial score (nSPS) is 20.0. The van der Waals surface area contributed by atoms with E-state index in [1.165, 1.54) is 12.8 Å². The molecular formula is C18H26N2O3. The summed E-state index contributed by atoms with van der Waals surface area (Å²) in [6, 6.07) is 7.65. The Hall–Kier alpha value is -1.59. The first kappa shape index (κ1) is 16.3. The Morgan fingerprint density at radius 2 is 1.96 bits per heavy atom. The zero-order valence-corrected chi connectivity index (χ0v) is 13.8. The van der Waals surface area contributed by atoms with E-state index in [0.29, 0.717) is 6.61 Å². The number of methoxy groups -OCH3 is 1. The second-order valence-corrected chi connectivity index (χ2v) is 6.70. The molecule has 3 rings (SSSR count). The molecule has 0 bridgehead atoms. The number of rotatable bonds is 7. The van der Waals surface area contributed by atoms with Crippen molar-refractivity contribution in [2.24, 2.45) is 11.3 Å². The summed E-state index contributed by atoms with van der Waals surface area (Å²) >= 11 is 0. The molecule has 1 saturated heterocycles. The van der Waals surface area contributed by atoms with Crippen molar-refractivity contribution in [3.8, 4) is 5.75 Å². The summed E-state index contributed by atoms with van der Waals surface area (Å²) in [7, 11) is 1.66. The van der Waals surface area contributed by atoms with Gasteiger partial charge in [-0.2, -0.15) is 0 Å². The molecule has 1 aliphatic heterocycles. The van der Waals surface area contributed by atoms with E-state index in [1.807, 2.05) is 24.3 Å². The standard InChI is InChI=1S/C18H26N2O3/c1-22-13-18(8-10-19-11-9-18)17(21)20-15-4-6-16(7-5-15)23-12-14-2-3-14/h4-7,14,19H,2-3,8-13H2,1H3,(H,20,21). The minimum atomic E-state index is -0.429. The molecule has 0 unspecified atom stereocenters. The summed E-state index contributed by atoms with van der Waals surface area (Å²) < 4.78 is 11.0. The number of carbonyl (C=O) groups excluding carboxylic acids is 1. The molecule has 5 heteroatoms. The van der Waals surface area contributed by atoms with Crippen molar-refractivity contribution in [1.29, 1.82) is 0 Å². The van der Waals surface area contributed by atoms with Crippen LogP contribution in [-0.4, -0.2) is 39.3 Å². The average molecular weight is 318 g/mol. The van der Waals surface area contributed by atoms with E-state index in [1.54, 1.807) is 7.11 Å². The first-order valence-corrected chi connectivity index (χ1v) is 8.46. The lowest BCUT2D eigenvalue weighted by Gasteiger charge is -2.35. The van der Waals surface area contributed by atoms with Crippen LogP contribution >= 0.6 is 0 Å². The van der Waals surface area contributed by atoms with E-state index in [4.69, 9.17) is 9.47 Å². The zero-order chi connectivity index (χ0) is 16.1. The van der Waals surface area contributed by atoms with Crippen LogP contribution in [0.2, 0.25) is 0 Å². The molecule has 0 atom stereocenters. The van der Waals surface area contributed by atoms with Gasteiger partial charge >= 0.3 is 0 Å². The molecule has 126 valence electrons. The van der Waals surface area contributed by atoms with Crippen LogP contribution in [0.4, 0.5) is 5.69 Å². The molecular weight excluding hydrogens is 292 g/mol. The molecule has 5 nitrogen and oxygen atoms in total. The number of piperidine rings is 1. The van der Waals surface area contributed by atoms with Gasteiger partial charge in [0.15, 0.2) is 0 Å². The van der Waals surface area contributed by atoms with Gasteiger partial charge in [0.1, 0.15) is 5.75 Å². The molecule has 0 radical (unpaired) electrons. The van der Waals surface area contributed by atoms with Crippen LogP contribution in [0.1, 0.15) is 25.7 Å². The van der Waals surface area contributed by atoms with E-state index >= 15 is 0 Å². The SMILES string of the molecule is COCC1(C(=O)Nc2ccc(OCC3CC3)cc2)CCNCC1. The minimum absolute atomic E-state index is 0.0486. The first-order chi connectivity index (χ1) is 11.2. The molecule has 1 aliphatic carbocycles. The summed E-state index contributed by atoms with van der Waals surface area (Å²) in [5, 5.41) is 6.34. The van der Waals surface area contributed by atoms with E-state index in [2.05, 4.69) is 10.6 Å². The Kier molecular flexibility index (Phi) is 5.18. The van der Waals surface area contributed by atoms with Crippen molar-refractivity contribution in [1.82, 2.24) is 5.32 Å². The minimum Gasteiger partial charge on any atom is -0.493 e. The van der Waals surface area contributed by atoms with Crippen LogP contribution in [0.3, 0.4) is 0 Å². The highest BCUT2D eigenvalue weighted by atomic mass is 16.5. The maximum Gasteiger partial charge on any atom is 0.233 e. The Morgan fingerprint density at radius 3 is 2.57 bits per heavy atom. The fraction of sp³-hybridized carbons (Fsp3) is 0.611. The summed E-state index contributed by atoms with van der Waals surface area (Å²) in [4.78, 5) is 12.7. The van der Waals surface area contributed by atoms with Gasteiger partial charge < -0.3 is 20.1 Å². The molecule has 1 heterocycles. The van der Waals surface area contributed by atoms with Crippen molar-refractivity contribution in [2.75, 3.05) is 38.7 Å². The average Bonchev–Trinajstić information content (AvgIpc) is 3.40. The van der Waals surface area contributed by atoms with E-state index < -0.39 is 5.41 Å². The van der Waals surface area contributed by atoms with Crippen LogP contribution in [0.15, 0.2) is 24.3 Å². The van der Waals surface area contributed by atoms with Crippen molar-refractivity contribution < 1.29 is 14.3 Å². The molecule has 1 amide bonds. The van der Waals surface area contributed by atoms with E-state index in [0.717, 1.165) is 49.9 Å². The number of benzene rings is 1. The molecule has 0 aromatic heterocycles. The second-order valence-electron chi connectivity index (χ2n) is 6.70. The van der Waals surface area contributed by atoms with Gasteiger partial charge in [-0.05, 0) is 69.0 Å². The number of anilines is 1. The Bertz CT molecular complexity index is 514. The van der Waals surface area contributed by atoms with Gasteiger partial charge in [0.25, 0.3) is 0 Å². The third-order valence-corrected chi connectivity index (χ3v) is 4.76. The highest BCUT2D eigenvalue weighted by Gasteiger charge is 2.39. The van der Waals surface area contributed by atoms with E-state index in [-0.39, 0.29) is 5.91 Å². The van der Waals surface area contributed by atoms with Gasteiger partial charge in [-0.3, -0.25) is 4.79 Å².